The third kappa shape index (κ3) is 10.1. The highest BCUT2D eigenvalue weighted by atomic mass is 32.1. The Bertz CT molecular complexity index is 2540. The molecule has 4 fully saturated rings. The molecule has 2 bridgehead atoms. The average Bonchev–Trinajstić information content (AvgIpc) is 4.02. The minimum absolute atomic E-state index is 0.0381. The zero-order valence-electron chi connectivity index (χ0n) is 37.7. The lowest BCUT2D eigenvalue weighted by atomic mass is 9.83. The lowest BCUT2D eigenvalue weighted by molar-refractivity contribution is -0.139. The number of nitrogens with two attached hydrogens (primary N) is 1. The smallest absolute Gasteiger partial charge is 0.243 e. The van der Waals surface area contributed by atoms with Gasteiger partial charge in [0.2, 0.25) is 17.8 Å². The summed E-state index contributed by atoms with van der Waals surface area (Å²) >= 11 is 1.61. The maximum Gasteiger partial charge on any atom is 0.243 e. The first-order chi connectivity index (χ1) is 32.1. The van der Waals surface area contributed by atoms with Crippen molar-refractivity contribution >= 4 is 40.6 Å². The number of nitrogen functional groups attached to an aromatic ring is 1. The predicted octanol–water partition coefficient (Wildman–Crippen LogP) is 5.80. The highest BCUT2D eigenvalue weighted by molar-refractivity contribution is 7.13. The van der Waals surface area contributed by atoms with E-state index < -0.39 is 12.1 Å². The van der Waals surface area contributed by atoms with Crippen LogP contribution in [0.2, 0.25) is 0 Å². The van der Waals surface area contributed by atoms with Crippen LogP contribution in [0.1, 0.15) is 81.0 Å². The number of phenols is 1. The van der Waals surface area contributed by atoms with E-state index in [1.807, 2.05) is 67.3 Å². The molecule has 3 aromatic heterocycles. The Morgan fingerprint density at radius 2 is 1.70 bits per heavy atom. The number of aliphatic hydroxyl groups is 1. The molecule has 5 N–H and O–H groups in total. The van der Waals surface area contributed by atoms with E-state index in [-0.39, 0.29) is 48.5 Å². The van der Waals surface area contributed by atoms with Crippen LogP contribution in [0.5, 0.6) is 5.75 Å². The molecule has 1 saturated carbocycles. The van der Waals surface area contributed by atoms with Crippen LogP contribution in [0, 0.1) is 24.7 Å². The molecule has 2 unspecified atom stereocenters. The Labute approximate surface area is 390 Å². The molecule has 15 nitrogen and oxygen atoms in total. The monoisotopic (exact) mass is 909 g/mol. The molecule has 1 aliphatic carbocycles. The quantitative estimate of drug-likeness (QED) is 0.0820. The zero-order chi connectivity index (χ0) is 45.7. The summed E-state index contributed by atoms with van der Waals surface area (Å²) in [4.78, 5) is 50.5. The number of aliphatic hydroxyl groups excluding tert-OH is 1. The van der Waals surface area contributed by atoms with Crippen molar-refractivity contribution in [3.8, 4) is 39.3 Å². The number of hydrogen-bond acceptors (Lipinski definition) is 14. The van der Waals surface area contributed by atoms with Gasteiger partial charge in [0.25, 0.3) is 0 Å². The molecule has 4 atom stereocenters. The van der Waals surface area contributed by atoms with Gasteiger partial charge in [0.1, 0.15) is 11.8 Å². The van der Waals surface area contributed by atoms with E-state index in [1.165, 1.54) is 0 Å². The summed E-state index contributed by atoms with van der Waals surface area (Å²) in [5.41, 5.74) is 14.1. The molecular weight excluding hydrogens is 851 g/mol. The van der Waals surface area contributed by atoms with Gasteiger partial charge in [-0.05, 0) is 101 Å². The van der Waals surface area contributed by atoms with Gasteiger partial charge in [-0.1, -0.05) is 48.2 Å². The van der Waals surface area contributed by atoms with Gasteiger partial charge < -0.3 is 40.9 Å². The third-order valence-corrected chi connectivity index (χ3v) is 14.9. The number of amides is 2. The number of carbonyl (C=O) groups is 2. The van der Waals surface area contributed by atoms with Crippen LogP contribution in [0.4, 0.5) is 17.5 Å². The van der Waals surface area contributed by atoms with Gasteiger partial charge in [0.05, 0.1) is 39.1 Å². The minimum atomic E-state index is -0.699. The van der Waals surface area contributed by atoms with Gasteiger partial charge in [-0.25, -0.2) is 15.0 Å². The number of likely N-dealkylation sites (tertiary alicyclic amines) is 1. The molecule has 4 aliphatic rings. The summed E-state index contributed by atoms with van der Waals surface area (Å²) in [6, 6.07) is 17.4. The number of fused-ring (bicyclic) bond motifs is 2. The molecule has 16 heteroatoms. The summed E-state index contributed by atoms with van der Waals surface area (Å²) in [6.45, 7) is 5.02. The van der Waals surface area contributed by atoms with Crippen LogP contribution in [-0.4, -0.2) is 120 Å². The summed E-state index contributed by atoms with van der Waals surface area (Å²) in [5, 5.41) is 32.4. The maximum absolute atomic E-state index is 13.6. The summed E-state index contributed by atoms with van der Waals surface area (Å²) in [5.74, 6) is 7.86. The predicted molar refractivity (Wildman–Crippen MR) is 256 cm³/mol. The van der Waals surface area contributed by atoms with Gasteiger partial charge in [0, 0.05) is 81.5 Å². The van der Waals surface area contributed by atoms with Crippen molar-refractivity contribution in [3.63, 3.8) is 0 Å². The fourth-order valence-corrected chi connectivity index (χ4v) is 11.1. The van der Waals surface area contributed by atoms with E-state index in [2.05, 4.69) is 54.1 Å². The number of aromatic nitrogens is 5. The van der Waals surface area contributed by atoms with Crippen molar-refractivity contribution < 1.29 is 19.8 Å². The number of nitrogens with one attached hydrogen (secondary N) is 1. The molecule has 3 saturated heterocycles. The highest BCUT2D eigenvalue weighted by Gasteiger charge is 2.42. The number of benzene rings is 2. The van der Waals surface area contributed by atoms with Gasteiger partial charge >= 0.3 is 0 Å². The Kier molecular flexibility index (Phi) is 13.8. The van der Waals surface area contributed by atoms with Gasteiger partial charge in [-0.2, -0.15) is 0 Å². The second-order valence-corrected chi connectivity index (χ2v) is 19.2. The molecule has 66 heavy (non-hydrogen) atoms. The topological polar surface area (TPSA) is 190 Å². The van der Waals surface area contributed by atoms with Crippen molar-refractivity contribution in [1.82, 2.24) is 40.3 Å². The number of carbonyl (C=O) groups excluding carboxylic acids is 2. The Morgan fingerprint density at radius 3 is 2.41 bits per heavy atom. The van der Waals surface area contributed by atoms with Crippen molar-refractivity contribution in [3.05, 3.63) is 89.3 Å². The molecule has 0 spiro atoms. The number of aryl methyl sites for hydroxylation is 1. The molecule has 2 amide bonds. The molecule has 0 radical (unpaired) electrons. The molecular formula is C50H59N11O4S. The van der Waals surface area contributed by atoms with E-state index in [0.29, 0.717) is 36.1 Å². The third-order valence-electron chi connectivity index (χ3n) is 14.0. The summed E-state index contributed by atoms with van der Waals surface area (Å²) in [6.07, 6.45) is 11.4. The standard InChI is InChI=1S/C50H59N11O4S/c1-32-47(66-31-55-32)36-15-11-34(12-16-36)25-52-49(65)44-23-40(62)30-60(44)46(64)22-33-13-17-37(18-14-33)58(2)21-7-3-4-8-35-26-53-50(54-27-35)61-38-19-20-39(61)29-59(28-38)43-24-42(56-57-48(43)51)41-9-5-6-10-45(41)63/h5-6,9-12,15-16,24,26-27,31,33,37-40,44,62-63H,3,7,13-14,17-23,25,28-30H2,1-2H3,(H2,51,57)(H,52,65)/t33?,37?,38?,39?,40-,44+/m1/s1. The summed E-state index contributed by atoms with van der Waals surface area (Å²) in [7, 11) is 2.19. The number of anilines is 3. The van der Waals surface area contributed by atoms with Gasteiger partial charge in [-0.3, -0.25) is 9.59 Å². The number of para-hydroxylation sites is 1. The van der Waals surface area contributed by atoms with E-state index in [0.717, 1.165) is 110 Å². The highest BCUT2D eigenvalue weighted by Crippen LogP contribution is 2.38. The fraction of sp³-hybridized carbons (Fsp3) is 0.460. The normalized spacial score (nSPS) is 22.6. The maximum atomic E-state index is 13.6. The molecule has 2 aromatic carbocycles. The van der Waals surface area contributed by atoms with Crippen molar-refractivity contribution in [2.24, 2.45) is 5.92 Å². The van der Waals surface area contributed by atoms with Crippen LogP contribution < -0.4 is 20.9 Å². The molecule has 5 aromatic rings. The molecule has 6 heterocycles. The van der Waals surface area contributed by atoms with E-state index in [1.54, 1.807) is 28.4 Å². The Balaban J connectivity index is 0.687. The first-order valence-electron chi connectivity index (χ1n) is 23.3. The number of phenolic OH excluding ortho intramolecular Hbond substituents is 1. The number of thiazole rings is 1. The second kappa shape index (κ2) is 20.2. The minimum Gasteiger partial charge on any atom is -0.507 e. The van der Waals surface area contributed by atoms with Crippen LogP contribution >= 0.6 is 11.3 Å². The lowest BCUT2D eigenvalue weighted by Crippen LogP contribution is -2.54. The SMILES string of the molecule is Cc1ncsc1-c1ccc(CNC(=O)[C@@H]2C[C@@H](O)CN2C(=O)CC2CCC(N(C)CCCC#Cc3cnc(N4C5CCC4CN(c4cc(-c6ccccc6O)nnc4N)C5)nc3)CC2)cc1. The van der Waals surface area contributed by atoms with Crippen molar-refractivity contribution in [2.45, 2.75) is 108 Å². The van der Waals surface area contributed by atoms with Gasteiger partial charge in [0.15, 0.2) is 5.82 Å². The largest absolute Gasteiger partial charge is 0.507 e. The number of β-amino-alcohol motifs (C(OH)–C–C–N with tert-alkyl or cyclic N) is 1. The summed E-state index contributed by atoms with van der Waals surface area (Å²) < 4.78 is 0. The van der Waals surface area contributed by atoms with Crippen LogP contribution in [0.25, 0.3) is 21.7 Å². The van der Waals surface area contributed by atoms with Gasteiger partial charge in [-0.15, -0.1) is 21.5 Å². The second-order valence-electron chi connectivity index (χ2n) is 18.4. The van der Waals surface area contributed by atoms with Crippen LogP contribution in [0.3, 0.4) is 0 Å². The average molecular weight is 910 g/mol. The molecule has 9 rings (SSSR count). The molecule has 3 aliphatic heterocycles. The van der Waals surface area contributed by atoms with E-state index in [4.69, 9.17) is 15.7 Å². The van der Waals surface area contributed by atoms with Crippen LogP contribution in [-0.2, 0) is 16.1 Å². The van der Waals surface area contributed by atoms with E-state index >= 15 is 0 Å². The lowest BCUT2D eigenvalue weighted by Gasteiger charge is -2.42. The number of unbranched alkanes of at least 4 members (excludes halogenated alkanes) is 1. The zero-order valence-corrected chi connectivity index (χ0v) is 38.5. The van der Waals surface area contributed by atoms with Crippen LogP contribution in [0.15, 0.2) is 72.5 Å². The Hall–Kier alpha value is -6.15. The number of rotatable bonds is 13. The number of nitrogens with zero attached hydrogens (tertiary/aromatic N) is 9. The number of piperazine rings is 1. The molecule has 344 valence electrons. The fourth-order valence-electron chi connectivity index (χ4n) is 10.3. The number of hydrogen-bond donors (Lipinski definition) is 4. The Morgan fingerprint density at radius 1 is 0.955 bits per heavy atom. The first-order valence-corrected chi connectivity index (χ1v) is 24.2. The van der Waals surface area contributed by atoms with Crippen molar-refractivity contribution in [2.75, 3.05) is 48.8 Å². The number of aromatic hydroxyl groups is 1. The van der Waals surface area contributed by atoms with Crippen molar-refractivity contribution in [1.29, 1.82) is 0 Å². The first kappa shape index (κ1) is 45.0. The van der Waals surface area contributed by atoms with E-state index in [9.17, 15) is 19.8 Å².